The first-order valence-electron chi connectivity index (χ1n) is 4.98. The molecule has 17 heavy (non-hydrogen) atoms. The molecule has 0 atom stereocenters. The normalized spacial score (nSPS) is 10.5. The summed E-state index contributed by atoms with van der Waals surface area (Å²) in [6.45, 7) is 0. The van der Waals surface area contributed by atoms with Crippen molar-refractivity contribution in [2.75, 3.05) is 0 Å². The summed E-state index contributed by atoms with van der Waals surface area (Å²) >= 11 is 1.26. The molecule has 0 heterocycles. The molecule has 2 aromatic carbocycles. The fourth-order valence-corrected chi connectivity index (χ4v) is 2.27. The van der Waals surface area contributed by atoms with E-state index in [0.717, 1.165) is 4.90 Å². The van der Waals surface area contributed by atoms with Crippen molar-refractivity contribution in [1.82, 2.24) is 0 Å². The van der Waals surface area contributed by atoms with Crippen LogP contribution in [0.25, 0.3) is 0 Å². The zero-order valence-electron chi connectivity index (χ0n) is 8.79. The maximum Gasteiger partial charge on any atom is 0.130 e. The van der Waals surface area contributed by atoms with Crippen LogP contribution in [0.5, 0.6) is 0 Å². The largest absolute Gasteiger partial charge is 0.207 e. The molecule has 0 nitrogen and oxygen atoms in total. The summed E-state index contributed by atoms with van der Waals surface area (Å²) in [7, 11) is 0. The van der Waals surface area contributed by atoms with Crippen molar-refractivity contribution < 1.29 is 13.2 Å². The van der Waals surface area contributed by atoms with E-state index in [1.165, 1.54) is 42.1 Å². The number of benzene rings is 2. The van der Waals surface area contributed by atoms with Gasteiger partial charge in [0.15, 0.2) is 0 Å². The van der Waals surface area contributed by atoms with Gasteiger partial charge in [-0.3, -0.25) is 0 Å². The molecule has 0 bridgehead atoms. The molecule has 4 heteroatoms. The highest BCUT2D eigenvalue weighted by Gasteiger charge is 2.08. The number of halogens is 3. The van der Waals surface area contributed by atoms with E-state index >= 15 is 0 Å². The Morgan fingerprint density at radius 1 is 0.824 bits per heavy atom. The lowest BCUT2D eigenvalue weighted by atomic mass is 10.2. The lowest BCUT2D eigenvalue weighted by Gasteiger charge is -2.04. The quantitative estimate of drug-likeness (QED) is 0.732. The smallest absolute Gasteiger partial charge is 0.130 e. The first-order valence-corrected chi connectivity index (χ1v) is 5.96. The van der Waals surface area contributed by atoms with Crippen LogP contribution in [0, 0.1) is 17.5 Å². The third-order valence-corrected chi connectivity index (χ3v) is 3.30. The number of thioether (sulfide) groups is 1. The fraction of sp³-hybridized carbons (Fsp3) is 0.0769. The van der Waals surface area contributed by atoms with Gasteiger partial charge in [0.1, 0.15) is 17.5 Å². The molecule has 2 rings (SSSR count). The number of hydrogen-bond donors (Lipinski definition) is 0. The van der Waals surface area contributed by atoms with Gasteiger partial charge in [-0.05, 0) is 36.4 Å². The highest BCUT2D eigenvalue weighted by atomic mass is 32.2. The van der Waals surface area contributed by atoms with Crippen LogP contribution in [-0.2, 0) is 5.75 Å². The Morgan fingerprint density at radius 3 is 2.00 bits per heavy atom. The minimum atomic E-state index is -0.556. The Bertz CT molecular complexity index is 488. The van der Waals surface area contributed by atoms with Gasteiger partial charge in [-0.15, -0.1) is 11.8 Å². The summed E-state index contributed by atoms with van der Waals surface area (Å²) in [4.78, 5) is 0.772. The van der Waals surface area contributed by atoms with Gasteiger partial charge in [0.2, 0.25) is 0 Å². The van der Waals surface area contributed by atoms with E-state index in [0.29, 0.717) is 0 Å². The lowest BCUT2D eigenvalue weighted by molar-refractivity contribution is 0.566. The van der Waals surface area contributed by atoms with Crippen molar-refractivity contribution in [3.05, 3.63) is 65.5 Å². The molecule has 0 aliphatic heterocycles. The Hall–Kier alpha value is -1.42. The minimum Gasteiger partial charge on any atom is -0.207 e. The zero-order chi connectivity index (χ0) is 12.3. The van der Waals surface area contributed by atoms with Crippen LogP contribution in [-0.4, -0.2) is 0 Å². The van der Waals surface area contributed by atoms with Gasteiger partial charge in [0, 0.05) is 16.2 Å². The van der Waals surface area contributed by atoms with E-state index in [9.17, 15) is 13.2 Å². The van der Waals surface area contributed by atoms with Crippen LogP contribution in [0.15, 0.2) is 47.4 Å². The van der Waals surface area contributed by atoms with E-state index < -0.39 is 11.6 Å². The van der Waals surface area contributed by atoms with Gasteiger partial charge in [-0.1, -0.05) is 6.07 Å². The minimum absolute atomic E-state index is 0.0434. The second kappa shape index (κ2) is 5.27. The Morgan fingerprint density at radius 2 is 1.41 bits per heavy atom. The molecule has 0 fully saturated rings. The third kappa shape index (κ3) is 3.03. The average molecular weight is 254 g/mol. The molecule has 0 aliphatic carbocycles. The average Bonchev–Trinajstić information content (AvgIpc) is 2.31. The predicted molar refractivity (Wildman–Crippen MR) is 62.3 cm³/mol. The molecule has 0 aliphatic rings. The molecule has 2 aromatic rings. The highest BCUT2D eigenvalue weighted by Crippen LogP contribution is 2.25. The molecule has 0 spiro atoms. The Labute approximate surface area is 101 Å². The summed E-state index contributed by atoms with van der Waals surface area (Å²) < 4.78 is 39.3. The highest BCUT2D eigenvalue weighted by molar-refractivity contribution is 7.98. The summed E-state index contributed by atoms with van der Waals surface area (Å²) in [5.41, 5.74) is 0.0434. The molecule has 0 unspecified atom stereocenters. The van der Waals surface area contributed by atoms with Gasteiger partial charge in [0.05, 0.1) is 0 Å². The standard InChI is InChI=1S/C13H9F3S/c14-9-4-6-10(7-5-9)17-8-11-12(15)2-1-3-13(11)16/h1-7H,8H2. The molecular weight excluding hydrogens is 245 g/mol. The Kier molecular flexibility index (Phi) is 3.74. The van der Waals surface area contributed by atoms with Crippen molar-refractivity contribution in [2.45, 2.75) is 10.6 Å². The van der Waals surface area contributed by atoms with Gasteiger partial charge in [-0.25, -0.2) is 13.2 Å². The van der Waals surface area contributed by atoms with E-state index in [1.54, 1.807) is 12.1 Å². The SMILES string of the molecule is Fc1ccc(SCc2c(F)cccc2F)cc1. The first-order chi connectivity index (χ1) is 8.16. The second-order valence-electron chi connectivity index (χ2n) is 3.44. The third-order valence-electron chi connectivity index (χ3n) is 2.26. The van der Waals surface area contributed by atoms with Crippen molar-refractivity contribution in [2.24, 2.45) is 0 Å². The molecule has 0 N–H and O–H groups in total. The van der Waals surface area contributed by atoms with Crippen molar-refractivity contribution in [3.63, 3.8) is 0 Å². The van der Waals surface area contributed by atoms with Crippen molar-refractivity contribution in [3.8, 4) is 0 Å². The second-order valence-corrected chi connectivity index (χ2v) is 4.49. The van der Waals surface area contributed by atoms with Gasteiger partial charge < -0.3 is 0 Å². The zero-order valence-corrected chi connectivity index (χ0v) is 9.61. The first kappa shape index (κ1) is 12.0. The summed E-state index contributed by atoms with van der Waals surface area (Å²) in [5, 5.41) is 0. The van der Waals surface area contributed by atoms with E-state index in [1.807, 2.05) is 0 Å². The van der Waals surface area contributed by atoms with Crippen molar-refractivity contribution >= 4 is 11.8 Å². The summed E-state index contributed by atoms with van der Waals surface area (Å²) in [5.74, 6) is -1.25. The molecule has 0 aromatic heterocycles. The van der Waals surface area contributed by atoms with Crippen LogP contribution < -0.4 is 0 Å². The van der Waals surface area contributed by atoms with Crippen LogP contribution >= 0.6 is 11.8 Å². The number of hydrogen-bond acceptors (Lipinski definition) is 1. The van der Waals surface area contributed by atoms with E-state index in [2.05, 4.69) is 0 Å². The van der Waals surface area contributed by atoms with Gasteiger partial charge in [0.25, 0.3) is 0 Å². The van der Waals surface area contributed by atoms with Crippen LogP contribution in [0.2, 0.25) is 0 Å². The molecule has 0 amide bonds. The molecular formula is C13H9F3S. The van der Waals surface area contributed by atoms with Crippen LogP contribution in [0.4, 0.5) is 13.2 Å². The predicted octanol–water partition coefficient (Wildman–Crippen LogP) is 4.40. The van der Waals surface area contributed by atoms with Crippen molar-refractivity contribution in [1.29, 1.82) is 0 Å². The van der Waals surface area contributed by atoms with E-state index in [4.69, 9.17) is 0 Å². The summed E-state index contributed by atoms with van der Waals surface area (Å²) in [6, 6.07) is 9.58. The molecule has 0 radical (unpaired) electrons. The Balaban J connectivity index is 2.10. The van der Waals surface area contributed by atoms with Gasteiger partial charge in [-0.2, -0.15) is 0 Å². The monoisotopic (exact) mass is 254 g/mol. The fourth-order valence-electron chi connectivity index (χ4n) is 1.36. The van der Waals surface area contributed by atoms with E-state index in [-0.39, 0.29) is 17.1 Å². The maximum atomic E-state index is 13.3. The topological polar surface area (TPSA) is 0 Å². The summed E-state index contributed by atoms with van der Waals surface area (Å²) in [6.07, 6.45) is 0. The van der Waals surface area contributed by atoms with Gasteiger partial charge >= 0.3 is 0 Å². The number of rotatable bonds is 3. The molecule has 0 saturated heterocycles. The van der Waals surface area contributed by atoms with Crippen LogP contribution in [0.1, 0.15) is 5.56 Å². The lowest BCUT2D eigenvalue weighted by Crippen LogP contribution is -1.92. The molecule has 88 valence electrons. The van der Waals surface area contributed by atoms with Crippen LogP contribution in [0.3, 0.4) is 0 Å². The maximum absolute atomic E-state index is 13.3. The molecule has 0 saturated carbocycles.